The highest BCUT2D eigenvalue weighted by atomic mass is 16.5. The monoisotopic (exact) mass is 394 g/mol. The lowest BCUT2D eigenvalue weighted by Gasteiger charge is -2.23. The molecule has 3 heterocycles. The molecule has 8 heteroatoms. The minimum Gasteiger partial charge on any atom is -0.360 e. The van der Waals surface area contributed by atoms with E-state index in [1.54, 1.807) is 30.9 Å². The minimum atomic E-state index is -0.515. The van der Waals surface area contributed by atoms with Crippen molar-refractivity contribution in [3.8, 4) is 0 Å². The molecule has 29 heavy (non-hydrogen) atoms. The largest absolute Gasteiger partial charge is 0.360 e. The van der Waals surface area contributed by atoms with Gasteiger partial charge < -0.3 is 19.7 Å². The Labute approximate surface area is 166 Å². The molecule has 3 aromatic rings. The lowest BCUT2D eigenvalue weighted by Crippen LogP contribution is -2.43. The Balaban J connectivity index is 1.48. The molecule has 2 N–H and O–H groups in total. The summed E-state index contributed by atoms with van der Waals surface area (Å²) in [5.74, 6) is 0.605. The number of H-pyrrole nitrogens is 1. The van der Waals surface area contributed by atoms with E-state index in [2.05, 4.69) is 15.5 Å². The number of carbonyl (C=O) groups is 2. The molecule has 4 rings (SSSR count). The van der Waals surface area contributed by atoms with Crippen molar-refractivity contribution in [3.63, 3.8) is 0 Å². The maximum absolute atomic E-state index is 12.9. The summed E-state index contributed by atoms with van der Waals surface area (Å²) < 4.78 is 4.96. The van der Waals surface area contributed by atoms with E-state index in [1.807, 2.05) is 18.2 Å². The van der Waals surface area contributed by atoms with Crippen LogP contribution in [0.2, 0.25) is 0 Å². The molecule has 1 aliphatic heterocycles. The van der Waals surface area contributed by atoms with Gasteiger partial charge >= 0.3 is 0 Å². The second kappa shape index (κ2) is 7.54. The summed E-state index contributed by atoms with van der Waals surface area (Å²) in [5, 5.41) is 7.37. The smallest absolute Gasteiger partial charge is 0.251 e. The number of nitrogens with one attached hydrogen (secondary N) is 2. The normalized spacial score (nSPS) is 16.3. The number of fused-ring (bicyclic) bond motifs is 1. The van der Waals surface area contributed by atoms with Crippen molar-refractivity contribution in [1.29, 1.82) is 0 Å². The van der Waals surface area contributed by atoms with Gasteiger partial charge in [-0.2, -0.15) is 0 Å². The number of nitrogens with zero attached hydrogens (tertiary/aromatic N) is 2. The molecule has 1 fully saturated rings. The zero-order valence-electron chi connectivity index (χ0n) is 16.3. The van der Waals surface area contributed by atoms with Crippen molar-refractivity contribution in [2.24, 2.45) is 0 Å². The third-order valence-corrected chi connectivity index (χ3v) is 5.20. The molecular formula is C21H22N4O4. The van der Waals surface area contributed by atoms with Crippen LogP contribution in [-0.2, 0) is 16.0 Å². The first-order valence-electron chi connectivity index (χ1n) is 9.57. The van der Waals surface area contributed by atoms with Gasteiger partial charge in [-0.1, -0.05) is 11.2 Å². The van der Waals surface area contributed by atoms with Crippen LogP contribution in [0.5, 0.6) is 0 Å². The van der Waals surface area contributed by atoms with Crippen molar-refractivity contribution in [3.05, 3.63) is 57.6 Å². The standard InChI is InChI=1S/C21H22N4O4/c1-12-8-15-10-14(5-6-16(15)22-20(12)27)11-19(26)25-7-3-4-17(25)21(28)23-18-9-13(2)29-24-18/h5-6,8-10,17H,3-4,7,11H2,1-2H3,(H,22,27)(H,23,24,28)/t17-/m1/s1. The first-order valence-corrected chi connectivity index (χ1v) is 9.57. The van der Waals surface area contributed by atoms with Crippen molar-refractivity contribution in [2.45, 2.75) is 39.2 Å². The third kappa shape index (κ3) is 3.91. The van der Waals surface area contributed by atoms with Gasteiger partial charge in [0.2, 0.25) is 11.8 Å². The first kappa shape index (κ1) is 18.9. The minimum absolute atomic E-state index is 0.0977. The number of aromatic amines is 1. The van der Waals surface area contributed by atoms with Gasteiger partial charge in [0.05, 0.1) is 6.42 Å². The van der Waals surface area contributed by atoms with Crippen LogP contribution >= 0.6 is 0 Å². The molecule has 1 aliphatic rings. The predicted octanol–water partition coefficient (Wildman–Crippen LogP) is 2.31. The van der Waals surface area contributed by atoms with E-state index >= 15 is 0 Å². The van der Waals surface area contributed by atoms with E-state index in [-0.39, 0.29) is 23.8 Å². The summed E-state index contributed by atoms with van der Waals surface area (Å²) in [5.41, 5.74) is 2.08. The van der Waals surface area contributed by atoms with Gasteiger partial charge in [-0.15, -0.1) is 0 Å². The van der Waals surface area contributed by atoms with E-state index < -0.39 is 6.04 Å². The van der Waals surface area contributed by atoms with Crippen molar-refractivity contribution >= 4 is 28.5 Å². The average molecular weight is 394 g/mol. The number of amides is 2. The van der Waals surface area contributed by atoms with Gasteiger partial charge in [0.15, 0.2) is 5.82 Å². The predicted molar refractivity (Wildman–Crippen MR) is 108 cm³/mol. The number of pyridine rings is 1. The third-order valence-electron chi connectivity index (χ3n) is 5.20. The van der Waals surface area contributed by atoms with Crippen molar-refractivity contribution < 1.29 is 14.1 Å². The van der Waals surface area contributed by atoms with Crippen molar-refractivity contribution in [1.82, 2.24) is 15.0 Å². The molecule has 0 unspecified atom stereocenters. The summed E-state index contributed by atoms with van der Waals surface area (Å²) in [4.78, 5) is 41.7. The molecule has 1 saturated heterocycles. The highest BCUT2D eigenvalue weighted by molar-refractivity contribution is 5.97. The summed E-state index contributed by atoms with van der Waals surface area (Å²) in [7, 11) is 0. The SMILES string of the molecule is Cc1cc(NC(=O)[C@H]2CCCN2C(=O)Cc2ccc3[nH]c(=O)c(C)cc3c2)no1. The van der Waals surface area contributed by atoms with E-state index in [0.717, 1.165) is 22.9 Å². The van der Waals surface area contributed by atoms with Crippen LogP contribution in [0, 0.1) is 13.8 Å². The Morgan fingerprint density at radius 2 is 2.10 bits per heavy atom. The molecule has 1 aromatic carbocycles. The molecular weight excluding hydrogens is 372 g/mol. The van der Waals surface area contributed by atoms with Gasteiger partial charge in [-0.05, 0) is 55.8 Å². The number of hydrogen-bond acceptors (Lipinski definition) is 5. The van der Waals surface area contributed by atoms with Crippen molar-refractivity contribution in [2.75, 3.05) is 11.9 Å². The Bertz CT molecular complexity index is 1150. The van der Waals surface area contributed by atoms with Crippen LogP contribution in [-0.4, -0.2) is 39.4 Å². The van der Waals surface area contributed by atoms with Crippen LogP contribution in [0.4, 0.5) is 5.82 Å². The molecule has 2 aromatic heterocycles. The van der Waals surface area contributed by atoms with Gasteiger partial charge in [0.1, 0.15) is 11.8 Å². The molecule has 0 bridgehead atoms. The van der Waals surface area contributed by atoms with Crippen LogP contribution in [0.1, 0.15) is 29.7 Å². The lowest BCUT2D eigenvalue weighted by atomic mass is 10.1. The Hall–Kier alpha value is -3.42. The number of likely N-dealkylation sites (tertiary alicyclic amines) is 1. The van der Waals surface area contributed by atoms with Gasteiger partial charge in [0.25, 0.3) is 5.56 Å². The fourth-order valence-electron chi connectivity index (χ4n) is 3.72. The Kier molecular flexibility index (Phi) is 4.92. The average Bonchev–Trinajstić information content (AvgIpc) is 3.32. The molecule has 150 valence electrons. The summed E-state index contributed by atoms with van der Waals surface area (Å²) in [6.45, 7) is 4.05. The Morgan fingerprint density at radius 1 is 1.28 bits per heavy atom. The number of hydrogen-bond donors (Lipinski definition) is 2. The van der Waals surface area contributed by atoms with E-state index in [0.29, 0.717) is 30.1 Å². The van der Waals surface area contributed by atoms with Crippen LogP contribution in [0.25, 0.3) is 10.9 Å². The highest BCUT2D eigenvalue weighted by Gasteiger charge is 2.34. The maximum Gasteiger partial charge on any atom is 0.251 e. The quantitative estimate of drug-likeness (QED) is 0.706. The zero-order valence-corrected chi connectivity index (χ0v) is 16.3. The number of aromatic nitrogens is 2. The highest BCUT2D eigenvalue weighted by Crippen LogP contribution is 2.22. The fraction of sp³-hybridized carbons (Fsp3) is 0.333. The fourth-order valence-corrected chi connectivity index (χ4v) is 3.72. The van der Waals surface area contributed by atoms with Gasteiger partial charge in [0, 0.05) is 23.7 Å². The Morgan fingerprint density at radius 3 is 2.86 bits per heavy atom. The zero-order chi connectivity index (χ0) is 20.5. The lowest BCUT2D eigenvalue weighted by molar-refractivity contribution is -0.136. The summed E-state index contributed by atoms with van der Waals surface area (Å²) in [6, 6.07) is 8.47. The molecule has 0 saturated carbocycles. The molecule has 0 aliphatic carbocycles. The van der Waals surface area contributed by atoms with Crippen LogP contribution in [0.15, 0.2) is 39.6 Å². The first-order chi connectivity index (χ1) is 13.9. The number of aryl methyl sites for hydroxylation is 2. The van der Waals surface area contributed by atoms with E-state index in [9.17, 15) is 14.4 Å². The molecule has 2 amide bonds. The van der Waals surface area contributed by atoms with E-state index in [1.165, 1.54) is 0 Å². The summed E-state index contributed by atoms with van der Waals surface area (Å²) >= 11 is 0. The second-order valence-corrected chi connectivity index (χ2v) is 7.44. The van der Waals surface area contributed by atoms with E-state index in [4.69, 9.17) is 4.52 Å². The van der Waals surface area contributed by atoms with Gasteiger partial charge in [-0.25, -0.2) is 0 Å². The molecule has 0 radical (unpaired) electrons. The summed E-state index contributed by atoms with van der Waals surface area (Å²) in [6.07, 6.45) is 1.59. The number of carbonyl (C=O) groups excluding carboxylic acids is 2. The molecule has 8 nitrogen and oxygen atoms in total. The number of anilines is 1. The second-order valence-electron chi connectivity index (χ2n) is 7.44. The molecule has 0 spiro atoms. The topological polar surface area (TPSA) is 108 Å². The van der Waals surface area contributed by atoms with Gasteiger partial charge in [-0.3, -0.25) is 14.4 Å². The number of rotatable bonds is 4. The molecule has 1 atom stereocenters. The number of benzene rings is 1. The maximum atomic E-state index is 12.9. The van der Waals surface area contributed by atoms with Crippen LogP contribution in [0.3, 0.4) is 0 Å². The van der Waals surface area contributed by atoms with Crippen LogP contribution < -0.4 is 10.9 Å².